The largest absolute Gasteiger partial charge is 0.390 e. The van der Waals surface area contributed by atoms with Crippen LogP contribution in [0.4, 0.5) is 13.2 Å². The molecule has 1 N–H and O–H groups in total. The molecule has 1 aromatic carbocycles. The van der Waals surface area contributed by atoms with E-state index < -0.39 is 18.6 Å². The molecule has 0 radical (unpaired) electrons. The second kappa shape index (κ2) is 8.27. The summed E-state index contributed by atoms with van der Waals surface area (Å²) in [6.07, 6.45) is -3.13. The summed E-state index contributed by atoms with van der Waals surface area (Å²) >= 11 is 0. The molecule has 0 aliphatic rings. The van der Waals surface area contributed by atoms with Crippen LogP contribution in [0, 0.1) is 0 Å². The lowest BCUT2D eigenvalue weighted by atomic mass is 10.0. The fraction of sp³-hybridized carbons (Fsp3) is 0.600. The molecule has 1 atom stereocenters. The van der Waals surface area contributed by atoms with Crippen molar-refractivity contribution in [1.82, 2.24) is 10.2 Å². The Kier molecular flexibility index (Phi) is 7.02. The van der Waals surface area contributed by atoms with Crippen LogP contribution < -0.4 is 5.32 Å². The molecule has 0 aliphatic carbocycles. The lowest BCUT2D eigenvalue weighted by molar-refractivity contribution is -0.140. The second-order valence-electron chi connectivity index (χ2n) is 5.25. The Hall–Kier alpha value is -1.07. The minimum atomic E-state index is -4.16. The molecule has 1 unspecified atom stereocenters. The zero-order valence-corrected chi connectivity index (χ0v) is 12.1. The number of hydrogen-bond donors (Lipinski definition) is 1. The van der Waals surface area contributed by atoms with Crippen molar-refractivity contribution in [3.8, 4) is 0 Å². The summed E-state index contributed by atoms with van der Waals surface area (Å²) in [5, 5.41) is 3.03. The summed E-state index contributed by atoms with van der Waals surface area (Å²) in [6, 6.07) is 8.17. The molecule has 0 bridgehead atoms. The van der Waals surface area contributed by atoms with E-state index in [1.165, 1.54) is 0 Å². The number of alkyl halides is 3. The summed E-state index contributed by atoms with van der Waals surface area (Å²) in [7, 11) is 3.98. The summed E-state index contributed by atoms with van der Waals surface area (Å²) < 4.78 is 37.9. The lowest BCUT2D eigenvalue weighted by Gasteiger charge is -2.21. The van der Waals surface area contributed by atoms with Crippen LogP contribution in [0.1, 0.15) is 30.9 Å². The van der Waals surface area contributed by atoms with Gasteiger partial charge in [-0.05, 0) is 45.6 Å². The highest BCUT2D eigenvalue weighted by Gasteiger charge is 2.32. The van der Waals surface area contributed by atoms with Gasteiger partial charge in [-0.2, -0.15) is 13.2 Å². The van der Waals surface area contributed by atoms with Crippen molar-refractivity contribution in [2.24, 2.45) is 0 Å². The average molecular weight is 288 g/mol. The third-order valence-electron chi connectivity index (χ3n) is 3.06. The van der Waals surface area contributed by atoms with Gasteiger partial charge >= 0.3 is 6.18 Å². The van der Waals surface area contributed by atoms with Gasteiger partial charge in [0.05, 0.1) is 6.42 Å². The molecule has 0 saturated carbocycles. The van der Waals surface area contributed by atoms with Crippen molar-refractivity contribution in [2.45, 2.75) is 31.5 Å². The summed E-state index contributed by atoms with van der Waals surface area (Å²) in [5.74, 6) is 0. The molecule has 0 amide bonds. The molecular formula is C15H23F3N2. The summed E-state index contributed by atoms with van der Waals surface area (Å²) in [4.78, 5) is 2.07. The first-order valence-electron chi connectivity index (χ1n) is 6.88. The number of hydrogen-bond acceptors (Lipinski definition) is 2. The molecule has 1 rings (SSSR count). The molecule has 0 aromatic heterocycles. The van der Waals surface area contributed by atoms with E-state index >= 15 is 0 Å². The molecule has 0 fully saturated rings. The van der Waals surface area contributed by atoms with Gasteiger partial charge < -0.3 is 10.2 Å². The van der Waals surface area contributed by atoms with Crippen molar-refractivity contribution in [3.63, 3.8) is 0 Å². The highest BCUT2D eigenvalue weighted by Crippen LogP contribution is 2.29. The minimum Gasteiger partial charge on any atom is -0.310 e. The van der Waals surface area contributed by atoms with Crippen molar-refractivity contribution in [3.05, 3.63) is 35.9 Å². The second-order valence-corrected chi connectivity index (χ2v) is 5.25. The predicted molar refractivity (Wildman–Crippen MR) is 75.6 cm³/mol. The van der Waals surface area contributed by atoms with E-state index in [0.717, 1.165) is 19.4 Å². The van der Waals surface area contributed by atoms with Crippen molar-refractivity contribution >= 4 is 0 Å². The first kappa shape index (κ1) is 17.0. The standard InChI is InChI=1S/C15H23F3N2/c1-20(2)11-7-6-10-19-14(12-15(16,17)18)13-8-4-3-5-9-13/h3-5,8-9,14,19H,6-7,10-12H2,1-2H3. The zero-order chi connectivity index (χ0) is 15.0. The first-order chi connectivity index (χ1) is 9.38. The molecule has 0 aliphatic heterocycles. The van der Waals surface area contributed by atoms with Crippen LogP contribution in [0.2, 0.25) is 0 Å². The molecule has 5 heteroatoms. The zero-order valence-electron chi connectivity index (χ0n) is 12.1. The van der Waals surface area contributed by atoms with Crippen LogP contribution >= 0.6 is 0 Å². The monoisotopic (exact) mass is 288 g/mol. The van der Waals surface area contributed by atoms with Gasteiger partial charge in [-0.25, -0.2) is 0 Å². The van der Waals surface area contributed by atoms with Gasteiger partial charge in [0, 0.05) is 6.04 Å². The summed E-state index contributed by atoms with van der Waals surface area (Å²) in [6.45, 7) is 1.56. The highest BCUT2D eigenvalue weighted by atomic mass is 19.4. The van der Waals surface area contributed by atoms with Gasteiger partial charge in [0.25, 0.3) is 0 Å². The van der Waals surface area contributed by atoms with Crippen LogP contribution in [-0.4, -0.2) is 38.3 Å². The van der Waals surface area contributed by atoms with E-state index in [1.54, 1.807) is 24.3 Å². The van der Waals surface area contributed by atoms with E-state index in [-0.39, 0.29) is 0 Å². The Labute approximate surface area is 119 Å². The van der Waals surface area contributed by atoms with Gasteiger partial charge in [-0.1, -0.05) is 30.3 Å². The smallest absolute Gasteiger partial charge is 0.310 e. The molecule has 0 spiro atoms. The minimum absolute atomic E-state index is 0.601. The van der Waals surface area contributed by atoms with Crippen LogP contribution in [0.5, 0.6) is 0 Å². The number of nitrogens with zero attached hydrogens (tertiary/aromatic N) is 1. The molecule has 2 nitrogen and oxygen atoms in total. The third kappa shape index (κ3) is 7.50. The van der Waals surface area contributed by atoms with E-state index in [1.807, 2.05) is 20.2 Å². The van der Waals surface area contributed by atoms with Crippen molar-refractivity contribution < 1.29 is 13.2 Å². The average Bonchev–Trinajstić information content (AvgIpc) is 2.36. The Morgan fingerprint density at radius 3 is 2.30 bits per heavy atom. The lowest BCUT2D eigenvalue weighted by Crippen LogP contribution is -2.28. The molecule has 114 valence electrons. The molecule has 0 heterocycles. The van der Waals surface area contributed by atoms with Gasteiger partial charge in [0.2, 0.25) is 0 Å². The van der Waals surface area contributed by atoms with E-state index in [9.17, 15) is 13.2 Å². The van der Waals surface area contributed by atoms with Crippen LogP contribution in [0.25, 0.3) is 0 Å². The highest BCUT2D eigenvalue weighted by molar-refractivity contribution is 5.19. The number of nitrogens with one attached hydrogen (secondary N) is 1. The number of rotatable bonds is 8. The fourth-order valence-corrected chi connectivity index (χ4v) is 2.05. The SMILES string of the molecule is CN(C)CCCCNC(CC(F)(F)F)c1ccccc1. The van der Waals surface area contributed by atoms with Crippen LogP contribution in [-0.2, 0) is 0 Å². The summed E-state index contributed by atoms with van der Waals surface area (Å²) in [5.41, 5.74) is 0.692. The fourth-order valence-electron chi connectivity index (χ4n) is 2.05. The normalized spacial score (nSPS) is 13.7. The first-order valence-corrected chi connectivity index (χ1v) is 6.88. The molecule has 0 saturated heterocycles. The Bertz CT molecular complexity index is 363. The van der Waals surface area contributed by atoms with Crippen LogP contribution in [0.15, 0.2) is 30.3 Å². The van der Waals surface area contributed by atoms with E-state index in [4.69, 9.17) is 0 Å². The predicted octanol–water partition coefficient (Wildman–Crippen LogP) is 3.61. The van der Waals surface area contributed by atoms with Gasteiger partial charge in [0.15, 0.2) is 0 Å². The maximum absolute atomic E-state index is 12.6. The Morgan fingerprint density at radius 1 is 1.10 bits per heavy atom. The number of unbranched alkanes of at least 4 members (excludes halogenated alkanes) is 1. The molecular weight excluding hydrogens is 265 g/mol. The van der Waals surface area contributed by atoms with E-state index in [2.05, 4.69) is 10.2 Å². The maximum atomic E-state index is 12.6. The van der Waals surface area contributed by atoms with Crippen LogP contribution in [0.3, 0.4) is 0 Å². The van der Waals surface area contributed by atoms with Gasteiger partial charge in [0.1, 0.15) is 0 Å². The Balaban J connectivity index is 2.47. The van der Waals surface area contributed by atoms with Crippen molar-refractivity contribution in [1.29, 1.82) is 0 Å². The number of halogens is 3. The quantitative estimate of drug-likeness (QED) is 0.735. The third-order valence-corrected chi connectivity index (χ3v) is 3.06. The number of benzene rings is 1. The van der Waals surface area contributed by atoms with Gasteiger partial charge in [-0.3, -0.25) is 0 Å². The van der Waals surface area contributed by atoms with E-state index in [0.29, 0.717) is 12.1 Å². The van der Waals surface area contributed by atoms with Gasteiger partial charge in [-0.15, -0.1) is 0 Å². The molecule has 20 heavy (non-hydrogen) atoms. The Morgan fingerprint density at radius 2 is 1.75 bits per heavy atom. The van der Waals surface area contributed by atoms with Crippen molar-refractivity contribution in [2.75, 3.05) is 27.2 Å². The molecule has 1 aromatic rings. The maximum Gasteiger partial charge on any atom is 0.390 e. The topological polar surface area (TPSA) is 15.3 Å².